The van der Waals surface area contributed by atoms with Crippen molar-refractivity contribution in [2.45, 2.75) is 57.0 Å². The molecule has 3 heterocycles. The molecule has 1 aromatic carbocycles. The first-order chi connectivity index (χ1) is 20.0. The summed E-state index contributed by atoms with van der Waals surface area (Å²) in [6.07, 6.45) is -11.4. The van der Waals surface area contributed by atoms with E-state index >= 15 is 0 Å². The smallest absolute Gasteiger partial charge is 0.383 e. The van der Waals surface area contributed by atoms with Crippen molar-refractivity contribution >= 4 is 16.5 Å². The molecule has 0 bridgehead atoms. The van der Waals surface area contributed by atoms with Gasteiger partial charge in [-0.15, -0.1) is 0 Å². The highest BCUT2D eigenvalue weighted by Crippen LogP contribution is 2.32. The van der Waals surface area contributed by atoms with E-state index in [1.165, 1.54) is 25.3 Å². The Morgan fingerprint density at radius 3 is 2.37 bits per heavy atom. The Morgan fingerprint density at radius 1 is 1.07 bits per heavy atom. The molecular weight excluding hydrogens is 596 g/mol. The molecule has 0 saturated heterocycles. The molecule has 0 radical (unpaired) electrons. The van der Waals surface area contributed by atoms with E-state index in [-0.39, 0.29) is 34.1 Å². The molecule has 3 unspecified atom stereocenters. The van der Waals surface area contributed by atoms with E-state index in [4.69, 9.17) is 0 Å². The van der Waals surface area contributed by atoms with Crippen LogP contribution in [0.3, 0.4) is 0 Å². The Labute approximate surface area is 236 Å². The topological polar surface area (TPSA) is 126 Å². The van der Waals surface area contributed by atoms with Gasteiger partial charge in [-0.1, -0.05) is 0 Å². The number of aliphatic hydroxyl groups is 1. The molecule has 0 spiro atoms. The number of fused-ring (bicyclic) bond motifs is 1. The Bertz CT molecular complexity index is 1720. The van der Waals surface area contributed by atoms with Crippen molar-refractivity contribution in [2.75, 3.05) is 5.32 Å². The van der Waals surface area contributed by atoms with Crippen LogP contribution in [0.2, 0.25) is 0 Å². The second-order valence-corrected chi connectivity index (χ2v) is 9.73. The number of alkyl halides is 7. The van der Waals surface area contributed by atoms with Gasteiger partial charge in [0.1, 0.15) is 17.6 Å². The summed E-state index contributed by atoms with van der Waals surface area (Å²) in [5.74, 6) is -1.13. The third kappa shape index (κ3) is 7.33. The number of aliphatic hydroxyl groups excluding tert-OH is 1. The van der Waals surface area contributed by atoms with Gasteiger partial charge >= 0.3 is 12.4 Å². The third-order valence-corrected chi connectivity index (χ3v) is 6.36. The fraction of sp³-hybridized carbons (Fsp3) is 0.346. The minimum atomic E-state index is -4.99. The molecule has 3 atom stereocenters. The van der Waals surface area contributed by atoms with E-state index in [1.54, 1.807) is 5.10 Å². The first-order valence-corrected chi connectivity index (χ1v) is 12.5. The number of anilines is 1. The van der Waals surface area contributed by atoms with Gasteiger partial charge in [0.05, 0.1) is 29.4 Å². The zero-order valence-electron chi connectivity index (χ0n) is 22.0. The number of benzene rings is 1. The minimum Gasteiger partial charge on any atom is -0.383 e. The second-order valence-electron chi connectivity index (χ2n) is 9.73. The monoisotopic (exact) mass is 618 g/mol. The fourth-order valence-electron chi connectivity index (χ4n) is 4.34. The molecule has 43 heavy (non-hydrogen) atoms. The summed E-state index contributed by atoms with van der Waals surface area (Å²) in [7, 11) is 0. The number of nitrogens with zero attached hydrogens (tertiary/aromatic N) is 4. The molecule has 17 heteroatoms. The van der Waals surface area contributed by atoms with Gasteiger partial charge in [-0.25, -0.2) is 23.8 Å². The van der Waals surface area contributed by atoms with Crippen molar-refractivity contribution in [3.8, 4) is 11.4 Å². The summed E-state index contributed by atoms with van der Waals surface area (Å²) in [4.78, 5) is 32.3. The lowest BCUT2D eigenvalue weighted by Gasteiger charge is -2.20. The van der Waals surface area contributed by atoms with Crippen LogP contribution in [0, 0.1) is 5.82 Å². The predicted molar refractivity (Wildman–Crippen MR) is 137 cm³/mol. The van der Waals surface area contributed by atoms with Gasteiger partial charge in [0.2, 0.25) is 0 Å². The highest BCUT2D eigenvalue weighted by molar-refractivity contribution is 5.86. The summed E-state index contributed by atoms with van der Waals surface area (Å²) in [6, 6.07) is 2.59. The quantitative estimate of drug-likeness (QED) is 0.238. The van der Waals surface area contributed by atoms with Crippen LogP contribution in [0.15, 0.2) is 52.6 Å². The molecule has 0 aliphatic heterocycles. The van der Waals surface area contributed by atoms with Gasteiger partial charge in [-0.3, -0.25) is 9.59 Å². The average Bonchev–Trinajstić information content (AvgIpc) is 2.89. The molecule has 3 aromatic heterocycles. The van der Waals surface area contributed by atoms with Crippen molar-refractivity contribution in [1.29, 1.82) is 0 Å². The van der Waals surface area contributed by atoms with Crippen LogP contribution >= 0.6 is 0 Å². The van der Waals surface area contributed by atoms with Gasteiger partial charge in [-0.2, -0.15) is 31.4 Å². The van der Waals surface area contributed by atoms with Gasteiger partial charge in [0, 0.05) is 37.5 Å². The zero-order chi connectivity index (χ0) is 31.7. The first-order valence-electron chi connectivity index (χ1n) is 12.5. The van der Waals surface area contributed by atoms with Gasteiger partial charge in [-0.05, 0) is 36.1 Å². The maximum absolute atomic E-state index is 15.0. The van der Waals surface area contributed by atoms with Gasteiger partial charge < -0.3 is 15.0 Å². The number of hydrogen-bond acceptors (Lipinski definition) is 7. The van der Waals surface area contributed by atoms with Crippen LogP contribution in [-0.4, -0.2) is 54.3 Å². The SMILES string of the molecule is CC(CC(F)Cn1ccc2cc(-c3ncc(CC(O)C(F)(F)F)cn3)c(F)cc2c1=O)Nc1cn[nH]c(=O)c1C(F)(F)F. The van der Waals surface area contributed by atoms with Crippen molar-refractivity contribution in [3.05, 3.63) is 80.6 Å². The van der Waals surface area contributed by atoms with Crippen LogP contribution in [0.1, 0.15) is 24.5 Å². The van der Waals surface area contributed by atoms with E-state index < -0.39 is 71.8 Å². The Morgan fingerprint density at radius 2 is 1.74 bits per heavy atom. The standard InChI is InChI=1S/C26H22F8N6O3/c1-12(38-19-10-37-39-23(42)21(19)26(32,33)34)4-15(27)11-40-3-2-14-6-17(18(28)7-16(14)24(40)43)22-35-8-13(9-36-22)5-20(41)25(29,30)31/h2-3,6-10,12,15,20,41H,4-5,11H2,1H3,(H2,38,39,42). The molecular formula is C26H22F8N6O3. The lowest BCUT2D eigenvalue weighted by atomic mass is 10.1. The van der Waals surface area contributed by atoms with Crippen molar-refractivity contribution in [1.82, 2.24) is 24.7 Å². The summed E-state index contributed by atoms with van der Waals surface area (Å²) in [5.41, 5.74) is -4.59. The van der Waals surface area contributed by atoms with Crippen molar-refractivity contribution in [3.63, 3.8) is 0 Å². The lowest BCUT2D eigenvalue weighted by Crippen LogP contribution is -2.30. The molecule has 9 nitrogen and oxygen atoms in total. The van der Waals surface area contributed by atoms with E-state index in [1.807, 2.05) is 0 Å². The number of aromatic nitrogens is 5. The predicted octanol–water partition coefficient (Wildman–Crippen LogP) is 4.39. The molecule has 0 aliphatic carbocycles. The number of halogens is 8. The molecule has 0 saturated carbocycles. The largest absolute Gasteiger partial charge is 0.423 e. The van der Waals surface area contributed by atoms with Crippen LogP contribution in [0.5, 0.6) is 0 Å². The first kappa shape index (κ1) is 31.5. The van der Waals surface area contributed by atoms with Crippen LogP contribution in [0.25, 0.3) is 22.2 Å². The molecule has 4 rings (SSSR count). The van der Waals surface area contributed by atoms with Gasteiger partial charge in [0.15, 0.2) is 11.9 Å². The van der Waals surface area contributed by atoms with E-state index in [9.17, 15) is 49.8 Å². The molecule has 0 aliphatic rings. The summed E-state index contributed by atoms with van der Waals surface area (Å²) >= 11 is 0. The molecule has 230 valence electrons. The van der Waals surface area contributed by atoms with Gasteiger partial charge in [0.25, 0.3) is 11.1 Å². The van der Waals surface area contributed by atoms with Crippen LogP contribution in [-0.2, 0) is 19.1 Å². The highest BCUT2D eigenvalue weighted by Gasteiger charge is 2.38. The number of pyridine rings is 1. The maximum atomic E-state index is 15.0. The Hall–Kier alpha value is -4.41. The fourth-order valence-corrected chi connectivity index (χ4v) is 4.34. The van der Waals surface area contributed by atoms with E-state index in [0.29, 0.717) is 0 Å². The summed E-state index contributed by atoms with van der Waals surface area (Å²) in [5, 5.41) is 16.7. The van der Waals surface area contributed by atoms with Crippen molar-refractivity contribution < 1.29 is 40.2 Å². The lowest BCUT2D eigenvalue weighted by molar-refractivity contribution is -0.203. The van der Waals surface area contributed by atoms with E-state index in [0.717, 1.165) is 29.2 Å². The Kier molecular flexibility index (Phi) is 8.84. The normalized spacial score (nSPS) is 14.5. The number of hydrogen-bond donors (Lipinski definition) is 3. The number of aromatic amines is 1. The third-order valence-electron chi connectivity index (χ3n) is 6.36. The molecule has 4 aromatic rings. The van der Waals surface area contributed by atoms with Crippen LogP contribution in [0.4, 0.5) is 40.8 Å². The molecule has 0 fully saturated rings. The molecule has 3 N–H and O–H groups in total. The highest BCUT2D eigenvalue weighted by atomic mass is 19.4. The zero-order valence-corrected chi connectivity index (χ0v) is 22.0. The second kappa shape index (κ2) is 12.1. The number of nitrogens with one attached hydrogen (secondary N) is 2. The number of H-pyrrole nitrogens is 1. The summed E-state index contributed by atoms with van der Waals surface area (Å²) in [6.45, 7) is 0.860. The van der Waals surface area contributed by atoms with Crippen LogP contribution < -0.4 is 16.4 Å². The number of rotatable bonds is 9. The van der Waals surface area contributed by atoms with E-state index in [2.05, 4.69) is 20.4 Å². The average molecular weight is 618 g/mol. The van der Waals surface area contributed by atoms with Crippen molar-refractivity contribution in [2.24, 2.45) is 0 Å². The maximum Gasteiger partial charge on any atom is 0.423 e. The minimum absolute atomic E-state index is 0.0437. The Balaban J connectivity index is 1.48. The summed E-state index contributed by atoms with van der Waals surface area (Å²) < 4.78 is 108. The molecule has 0 amide bonds.